The molecule has 0 aromatic carbocycles. The Labute approximate surface area is 120 Å². The Morgan fingerprint density at radius 3 is 2.58 bits per heavy atom. The summed E-state index contributed by atoms with van der Waals surface area (Å²) in [5.41, 5.74) is 0.276. The molecule has 0 amide bonds. The van der Waals surface area contributed by atoms with E-state index in [0.717, 1.165) is 25.9 Å². The monoisotopic (exact) mass is 282 g/mol. The summed E-state index contributed by atoms with van der Waals surface area (Å²) in [6.45, 7) is 8.70. The normalized spacial score (nSPS) is 18.9. The number of aromatic nitrogens is 1. The lowest BCUT2D eigenvalue weighted by Gasteiger charge is -2.26. The van der Waals surface area contributed by atoms with Crippen molar-refractivity contribution in [3.8, 4) is 0 Å². The Balaban J connectivity index is 1.84. The van der Waals surface area contributed by atoms with Gasteiger partial charge in [-0.3, -0.25) is 0 Å². The molecule has 0 unspecified atom stereocenters. The van der Waals surface area contributed by atoms with Crippen LogP contribution in [0.1, 0.15) is 56.3 Å². The molecule has 1 aliphatic carbocycles. The highest BCUT2D eigenvalue weighted by Gasteiger charge is 2.32. The molecule has 2 N–H and O–H groups in total. The molecule has 0 bridgehead atoms. The fourth-order valence-electron chi connectivity index (χ4n) is 2.70. The SMILES string of the molecule is CC(C)(C)c1ncc(CNCC2(CO)CCCC2)s1. The molecule has 1 aliphatic rings. The molecular formula is C15H26N2OS. The topological polar surface area (TPSA) is 45.2 Å². The Morgan fingerprint density at radius 1 is 1.37 bits per heavy atom. The van der Waals surface area contributed by atoms with Crippen LogP contribution in [0.5, 0.6) is 0 Å². The first kappa shape index (κ1) is 14.9. The molecule has 0 atom stereocenters. The van der Waals surface area contributed by atoms with Gasteiger partial charge in [0.2, 0.25) is 0 Å². The molecule has 1 fully saturated rings. The minimum absolute atomic E-state index is 0.136. The summed E-state index contributed by atoms with van der Waals surface area (Å²) in [6.07, 6.45) is 6.82. The van der Waals surface area contributed by atoms with Gasteiger partial charge in [0.15, 0.2) is 0 Å². The van der Waals surface area contributed by atoms with Crippen molar-refractivity contribution >= 4 is 11.3 Å². The quantitative estimate of drug-likeness (QED) is 0.872. The van der Waals surface area contributed by atoms with E-state index >= 15 is 0 Å². The van der Waals surface area contributed by atoms with Gasteiger partial charge in [0.25, 0.3) is 0 Å². The van der Waals surface area contributed by atoms with E-state index in [9.17, 15) is 5.11 Å². The first-order valence-corrected chi connectivity index (χ1v) is 8.04. The summed E-state index contributed by atoms with van der Waals surface area (Å²) >= 11 is 1.79. The minimum atomic E-state index is 0.136. The Bertz CT molecular complexity index is 403. The number of hydrogen-bond donors (Lipinski definition) is 2. The van der Waals surface area contributed by atoms with Crippen molar-refractivity contribution in [3.63, 3.8) is 0 Å². The van der Waals surface area contributed by atoms with Crippen molar-refractivity contribution in [3.05, 3.63) is 16.1 Å². The number of thiazole rings is 1. The van der Waals surface area contributed by atoms with Crippen LogP contribution in [0.3, 0.4) is 0 Å². The third kappa shape index (κ3) is 3.77. The fourth-order valence-corrected chi connectivity index (χ4v) is 3.64. The van der Waals surface area contributed by atoms with Gasteiger partial charge in [0.05, 0.1) is 5.01 Å². The second kappa shape index (κ2) is 5.90. The van der Waals surface area contributed by atoms with Gasteiger partial charge in [-0.2, -0.15) is 0 Å². The van der Waals surface area contributed by atoms with Gasteiger partial charge in [-0.1, -0.05) is 33.6 Å². The molecule has 0 aliphatic heterocycles. The average Bonchev–Trinajstić information content (AvgIpc) is 2.97. The molecular weight excluding hydrogens is 256 g/mol. The second-order valence-corrected chi connectivity index (χ2v) is 7.97. The van der Waals surface area contributed by atoms with E-state index in [1.807, 2.05) is 6.20 Å². The molecule has 1 aromatic heterocycles. The summed E-state index contributed by atoms with van der Waals surface area (Å²) in [5, 5.41) is 14.3. The summed E-state index contributed by atoms with van der Waals surface area (Å²) in [4.78, 5) is 5.79. The van der Waals surface area contributed by atoms with Crippen LogP contribution in [0.25, 0.3) is 0 Å². The first-order valence-electron chi connectivity index (χ1n) is 7.22. The Hall–Kier alpha value is -0.450. The van der Waals surface area contributed by atoms with Crippen molar-refractivity contribution in [2.24, 2.45) is 5.41 Å². The van der Waals surface area contributed by atoms with Crippen molar-refractivity contribution in [2.75, 3.05) is 13.2 Å². The highest BCUT2D eigenvalue weighted by atomic mass is 32.1. The lowest BCUT2D eigenvalue weighted by atomic mass is 9.87. The molecule has 2 rings (SSSR count). The number of hydrogen-bond acceptors (Lipinski definition) is 4. The molecule has 1 saturated carbocycles. The van der Waals surface area contributed by atoms with Gasteiger partial charge >= 0.3 is 0 Å². The van der Waals surface area contributed by atoms with E-state index in [4.69, 9.17) is 0 Å². The number of rotatable bonds is 5. The summed E-state index contributed by atoms with van der Waals surface area (Å²) in [7, 11) is 0. The van der Waals surface area contributed by atoms with E-state index < -0.39 is 0 Å². The molecule has 4 heteroatoms. The zero-order valence-corrected chi connectivity index (χ0v) is 13.1. The van der Waals surface area contributed by atoms with Crippen LogP contribution in [0, 0.1) is 5.41 Å². The van der Waals surface area contributed by atoms with Crippen molar-refractivity contribution < 1.29 is 5.11 Å². The van der Waals surface area contributed by atoms with E-state index in [1.165, 1.54) is 22.7 Å². The highest BCUT2D eigenvalue weighted by molar-refractivity contribution is 7.11. The average molecular weight is 282 g/mol. The standard InChI is InChI=1S/C15H26N2OS/c1-14(2,3)13-17-9-12(19-13)8-16-10-15(11-18)6-4-5-7-15/h9,16,18H,4-8,10-11H2,1-3H3. The van der Waals surface area contributed by atoms with Crippen LogP contribution in [0.15, 0.2) is 6.20 Å². The molecule has 1 heterocycles. The van der Waals surface area contributed by atoms with Crippen LogP contribution in [-0.4, -0.2) is 23.2 Å². The Kier molecular flexibility index (Phi) is 4.64. The predicted octanol–water partition coefficient (Wildman–Crippen LogP) is 3.08. The zero-order chi connectivity index (χ0) is 13.9. The maximum Gasteiger partial charge on any atom is 0.0981 e. The van der Waals surface area contributed by atoms with Crippen LogP contribution >= 0.6 is 11.3 Å². The second-order valence-electron chi connectivity index (χ2n) is 6.85. The summed E-state index contributed by atoms with van der Waals surface area (Å²) in [5.74, 6) is 0. The Morgan fingerprint density at radius 2 is 2.05 bits per heavy atom. The molecule has 19 heavy (non-hydrogen) atoms. The molecule has 0 saturated heterocycles. The first-order chi connectivity index (χ1) is 8.95. The lowest BCUT2D eigenvalue weighted by molar-refractivity contribution is 0.128. The van der Waals surface area contributed by atoms with Gasteiger partial charge in [0.1, 0.15) is 0 Å². The number of nitrogens with one attached hydrogen (secondary N) is 1. The molecule has 0 spiro atoms. The van der Waals surface area contributed by atoms with Gasteiger partial charge < -0.3 is 10.4 Å². The van der Waals surface area contributed by atoms with Crippen molar-refractivity contribution in [2.45, 2.75) is 58.4 Å². The highest BCUT2D eigenvalue weighted by Crippen LogP contribution is 2.37. The number of aliphatic hydroxyl groups is 1. The van der Waals surface area contributed by atoms with Gasteiger partial charge in [-0.15, -0.1) is 11.3 Å². The van der Waals surface area contributed by atoms with E-state index in [2.05, 4.69) is 31.1 Å². The van der Waals surface area contributed by atoms with E-state index in [0.29, 0.717) is 6.61 Å². The molecule has 3 nitrogen and oxygen atoms in total. The van der Waals surface area contributed by atoms with Gasteiger partial charge in [-0.05, 0) is 12.8 Å². The van der Waals surface area contributed by atoms with Crippen LogP contribution in [0.2, 0.25) is 0 Å². The fraction of sp³-hybridized carbons (Fsp3) is 0.800. The van der Waals surface area contributed by atoms with E-state index in [1.54, 1.807) is 11.3 Å². The molecule has 1 aromatic rings. The third-order valence-corrected chi connectivity index (χ3v) is 5.42. The van der Waals surface area contributed by atoms with Crippen molar-refractivity contribution in [1.29, 1.82) is 0 Å². The van der Waals surface area contributed by atoms with Crippen LogP contribution < -0.4 is 5.32 Å². The smallest absolute Gasteiger partial charge is 0.0981 e. The zero-order valence-electron chi connectivity index (χ0n) is 12.3. The molecule has 108 valence electrons. The maximum absolute atomic E-state index is 9.57. The number of aliphatic hydroxyl groups excluding tert-OH is 1. The van der Waals surface area contributed by atoms with Crippen LogP contribution in [-0.2, 0) is 12.0 Å². The predicted molar refractivity (Wildman–Crippen MR) is 80.5 cm³/mol. The van der Waals surface area contributed by atoms with E-state index in [-0.39, 0.29) is 10.8 Å². The third-order valence-electron chi connectivity index (χ3n) is 3.99. The number of nitrogens with zero attached hydrogens (tertiary/aromatic N) is 1. The lowest BCUT2D eigenvalue weighted by Crippen LogP contribution is -2.34. The summed E-state index contributed by atoms with van der Waals surface area (Å²) < 4.78 is 0. The van der Waals surface area contributed by atoms with Crippen molar-refractivity contribution in [1.82, 2.24) is 10.3 Å². The van der Waals surface area contributed by atoms with Crippen LogP contribution in [0.4, 0.5) is 0 Å². The van der Waals surface area contributed by atoms with Gasteiger partial charge in [-0.25, -0.2) is 4.98 Å². The van der Waals surface area contributed by atoms with Gasteiger partial charge in [0, 0.05) is 41.6 Å². The maximum atomic E-state index is 9.57. The molecule has 0 radical (unpaired) electrons. The summed E-state index contributed by atoms with van der Waals surface area (Å²) in [6, 6.07) is 0. The largest absolute Gasteiger partial charge is 0.396 e. The minimum Gasteiger partial charge on any atom is -0.396 e.